The monoisotopic (exact) mass is 305 g/mol. The molecule has 0 aromatic heterocycles. The summed E-state index contributed by atoms with van der Waals surface area (Å²) < 4.78 is 26.1. The Balaban J connectivity index is 2.13. The summed E-state index contributed by atoms with van der Waals surface area (Å²) in [5, 5.41) is 11.4. The van der Waals surface area contributed by atoms with Gasteiger partial charge >= 0.3 is 5.97 Å². The quantitative estimate of drug-likeness (QED) is 0.909. The molecule has 0 aliphatic heterocycles. The molecule has 1 unspecified atom stereocenters. The maximum Gasteiger partial charge on any atom is 0.310 e. The van der Waals surface area contributed by atoms with Crippen LogP contribution < -0.4 is 5.32 Å². The van der Waals surface area contributed by atoms with E-state index in [2.05, 4.69) is 5.32 Å². The molecule has 0 fully saturated rings. The topological polar surface area (TPSA) is 66.4 Å². The number of carboxylic acid groups (broad SMARTS) is 1. The number of anilines is 1. The summed E-state index contributed by atoms with van der Waals surface area (Å²) in [6.07, 6.45) is 0. The van der Waals surface area contributed by atoms with E-state index in [4.69, 9.17) is 5.11 Å². The highest BCUT2D eigenvalue weighted by atomic mass is 19.1. The Bertz CT molecular complexity index is 694. The number of benzene rings is 2. The van der Waals surface area contributed by atoms with Crippen LogP contribution in [0.15, 0.2) is 42.5 Å². The number of hydrogen-bond donors (Lipinski definition) is 2. The third-order valence-corrected chi connectivity index (χ3v) is 3.16. The minimum atomic E-state index is -0.952. The molecule has 2 aromatic rings. The van der Waals surface area contributed by atoms with Crippen LogP contribution in [-0.4, -0.2) is 17.0 Å². The largest absolute Gasteiger partial charge is 0.481 e. The minimum Gasteiger partial charge on any atom is -0.481 e. The van der Waals surface area contributed by atoms with Crippen LogP contribution in [0.2, 0.25) is 0 Å². The van der Waals surface area contributed by atoms with Crippen LogP contribution in [0.4, 0.5) is 14.5 Å². The first-order valence-corrected chi connectivity index (χ1v) is 6.47. The molecule has 114 valence electrons. The number of rotatable bonds is 4. The van der Waals surface area contributed by atoms with Gasteiger partial charge in [0.2, 0.25) is 0 Å². The van der Waals surface area contributed by atoms with Gasteiger partial charge in [-0.15, -0.1) is 0 Å². The Morgan fingerprint density at radius 1 is 1.05 bits per heavy atom. The zero-order valence-corrected chi connectivity index (χ0v) is 11.6. The first kappa shape index (κ1) is 15.6. The van der Waals surface area contributed by atoms with Gasteiger partial charge in [-0.25, -0.2) is 8.78 Å². The van der Waals surface area contributed by atoms with Crippen LogP contribution in [-0.2, 0) is 4.79 Å². The number of nitrogens with one attached hydrogen (secondary N) is 1. The zero-order valence-electron chi connectivity index (χ0n) is 11.6. The van der Waals surface area contributed by atoms with Crippen LogP contribution in [0.1, 0.15) is 28.8 Å². The molecule has 0 aliphatic carbocycles. The summed E-state index contributed by atoms with van der Waals surface area (Å²) in [4.78, 5) is 22.8. The number of carbonyl (C=O) groups is 2. The van der Waals surface area contributed by atoms with E-state index in [1.54, 1.807) is 19.1 Å². The fraction of sp³-hybridized carbons (Fsp3) is 0.125. The van der Waals surface area contributed by atoms with Gasteiger partial charge in [0.1, 0.15) is 11.6 Å². The fourth-order valence-corrected chi connectivity index (χ4v) is 1.89. The molecule has 22 heavy (non-hydrogen) atoms. The smallest absolute Gasteiger partial charge is 0.310 e. The Kier molecular flexibility index (Phi) is 4.50. The van der Waals surface area contributed by atoms with E-state index in [0.29, 0.717) is 17.3 Å². The Morgan fingerprint density at radius 3 is 2.09 bits per heavy atom. The number of halogens is 2. The van der Waals surface area contributed by atoms with Crippen molar-refractivity contribution in [1.29, 1.82) is 0 Å². The van der Waals surface area contributed by atoms with Gasteiger partial charge in [0, 0.05) is 17.3 Å². The van der Waals surface area contributed by atoms with Gasteiger partial charge in [0.15, 0.2) is 0 Å². The Hall–Kier alpha value is -2.76. The van der Waals surface area contributed by atoms with Crippen molar-refractivity contribution in [2.24, 2.45) is 0 Å². The van der Waals surface area contributed by atoms with Crippen LogP contribution in [0, 0.1) is 11.6 Å². The van der Waals surface area contributed by atoms with Crippen molar-refractivity contribution in [3.05, 3.63) is 65.2 Å². The molecule has 0 saturated carbocycles. The molecular weight excluding hydrogens is 292 g/mol. The highest BCUT2D eigenvalue weighted by Crippen LogP contribution is 2.19. The first-order chi connectivity index (χ1) is 10.4. The molecule has 6 heteroatoms. The van der Waals surface area contributed by atoms with Crippen LogP contribution in [0.5, 0.6) is 0 Å². The number of amides is 1. The lowest BCUT2D eigenvalue weighted by Gasteiger charge is -2.09. The lowest BCUT2D eigenvalue weighted by atomic mass is 10.0. The maximum atomic E-state index is 13.1. The maximum absolute atomic E-state index is 13.1. The average molecular weight is 305 g/mol. The number of aliphatic carboxylic acids is 1. The minimum absolute atomic E-state index is 0.138. The van der Waals surface area contributed by atoms with Gasteiger partial charge in [-0.3, -0.25) is 9.59 Å². The summed E-state index contributed by atoms with van der Waals surface area (Å²) in [6, 6.07) is 8.74. The van der Waals surface area contributed by atoms with Crippen molar-refractivity contribution in [2.45, 2.75) is 12.8 Å². The third-order valence-electron chi connectivity index (χ3n) is 3.16. The molecule has 0 bridgehead atoms. The molecule has 0 radical (unpaired) electrons. The van der Waals surface area contributed by atoms with E-state index in [1.807, 2.05) is 0 Å². The Labute approximate surface area is 125 Å². The van der Waals surface area contributed by atoms with Gasteiger partial charge < -0.3 is 10.4 Å². The van der Waals surface area contributed by atoms with Gasteiger partial charge in [0.05, 0.1) is 5.92 Å². The number of carboxylic acids is 1. The van der Waals surface area contributed by atoms with Gasteiger partial charge in [-0.2, -0.15) is 0 Å². The molecule has 1 atom stereocenters. The van der Waals surface area contributed by atoms with E-state index in [9.17, 15) is 18.4 Å². The van der Waals surface area contributed by atoms with Crippen molar-refractivity contribution < 1.29 is 23.5 Å². The molecular formula is C16H13F2NO3. The zero-order chi connectivity index (χ0) is 16.3. The molecule has 4 nitrogen and oxygen atoms in total. The second kappa shape index (κ2) is 6.34. The highest BCUT2D eigenvalue weighted by Gasteiger charge is 2.14. The van der Waals surface area contributed by atoms with Crippen LogP contribution in [0.25, 0.3) is 0 Å². The lowest BCUT2D eigenvalue weighted by Crippen LogP contribution is -2.13. The second-order valence-corrected chi connectivity index (χ2v) is 4.79. The predicted molar refractivity (Wildman–Crippen MR) is 76.8 cm³/mol. The average Bonchev–Trinajstić information content (AvgIpc) is 2.46. The number of carbonyl (C=O) groups excluding carboxylic acids is 1. The number of hydrogen-bond acceptors (Lipinski definition) is 2. The van der Waals surface area contributed by atoms with E-state index in [-0.39, 0.29) is 5.56 Å². The van der Waals surface area contributed by atoms with Gasteiger partial charge in [-0.05, 0) is 36.8 Å². The molecule has 0 saturated heterocycles. The summed E-state index contributed by atoms with van der Waals surface area (Å²) in [5.74, 6) is -3.95. The molecule has 0 spiro atoms. The fourth-order valence-electron chi connectivity index (χ4n) is 1.89. The normalized spacial score (nSPS) is 11.8. The third kappa shape index (κ3) is 3.66. The first-order valence-electron chi connectivity index (χ1n) is 6.47. The SMILES string of the molecule is CC(C(=O)O)c1ccc(NC(=O)c2cc(F)cc(F)c2)cc1. The summed E-state index contributed by atoms with van der Waals surface area (Å²) >= 11 is 0. The Morgan fingerprint density at radius 2 is 1.59 bits per heavy atom. The van der Waals surface area contributed by atoms with E-state index >= 15 is 0 Å². The summed E-state index contributed by atoms with van der Waals surface area (Å²) in [5.41, 5.74) is 0.846. The standard InChI is InChI=1S/C16H13F2NO3/c1-9(16(21)22)10-2-4-14(5-3-10)19-15(20)11-6-12(17)8-13(18)7-11/h2-9H,1H3,(H,19,20)(H,21,22). The van der Waals surface area contributed by atoms with Crippen molar-refractivity contribution in [2.75, 3.05) is 5.32 Å². The highest BCUT2D eigenvalue weighted by molar-refractivity contribution is 6.04. The van der Waals surface area contributed by atoms with Crippen molar-refractivity contribution in [3.8, 4) is 0 Å². The van der Waals surface area contributed by atoms with Gasteiger partial charge in [0.25, 0.3) is 5.91 Å². The van der Waals surface area contributed by atoms with E-state index < -0.39 is 29.4 Å². The molecule has 0 aliphatic rings. The molecule has 2 N–H and O–H groups in total. The molecule has 2 aromatic carbocycles. The van der Waals surface area contributed by atoms with E-state index in [0.717, 1.165) is 12.1 Å². The van der Waals surface area contributed by atoms with E-state index in [1.165, 1.54) is 12.1 Å². The lowest BCUT2D eigenvalue weighted by molar-refractivity contribution is -0.138. The van der Waals surface area contributed by atoms with Gasteiger partial charge in [-0.1, -0.05) is 12.1 Å². The van der Waals surface area contributed by atoms with Crippen molar-refractivity contribution in [1.82, 2.24) is 0 Å². The predicted octanol–water partition coefficient (Wildman–Crippen LogP) is 3.41. The van der Waals surface area contributed by atoms with Crippen molar-refractivity contribution >= 4 is 17.6 Å². The second-order valence-electron chi connectivity index (χ2n) is 4.79. The summed E-state index contributed by atoms with van der Waals surface area (Å²) in [6.45, 7) is 1.55. The molecule has 2 rings (SSSR count). The van der Waals surface area contributed by atoms with Crippen LogP contribution >= 0.6 is 0 Å². The summed E-state index contributed by atoms with van der Waals surface area (Å²) in [7, 11) is 0. The van der Waals surface area contributed by atoms with Crippen molar-refractivity contribution in [3.63, 3.8) is 0 Å². The molecule has 1 amide bonds. The van der Waals surface area contributed by atoms with Crippen LogP contribution in [0.3, 0.4) is 0 Å². The molecule has 0 heterocycles.